The Morgan fingerprint density at radius 3 is 3.00 bits per heavy atom. The molecule has 0 saturated heterocycles. The number of hydrogen-bond acceptors (Lipinski definition) is 4. The number of rotatable bonds is 7. The van der Waals surface area contributed by atoms with E-state index in [0.717, 1.165) is 38.3 Å². The van der Waals surface area contributed by atoms with E-state index in [1.807, 2.05) is 12.4 Å². The summed E-state index contributed by atoms with van der Waals surface area (Å²) in [5.41, 5.74) is 4.02. The number of hydrogen-bond donors (Lipinski definition) is 1. The van der Waals surface area contributed by atoms with E-state index < -0.39 is 0 Å². The zero-order valence-corrected chi connectivity index (χ0v) is 14.2. The first-order valence-corrected chi connectivity index (χ1v) is 8.50. The van der Waals surface area contributed by atoms with Gasteiger partial charge in [0.2, 0.25) is 0 Å². The SMILES string of the molecule is COCCn1ccnc1CN(C)Cc1n[nH]c2c1CCCCC2. The van der Waals surface area contributed by atoms with E-state index in [-0.39, 0.29) is 0 Å². The van der Waals surface area contributed by atoms with Crippen LogP contribution in [0, 0.1) is 0 Å². The fraction of sp³-hybridized carbons (Fsp3) is 0.647. The highest BCUT2D eigenvalue weighted by molar-refractivity contribution is 5.26. The first-order chi connectivity index (χ1) is 11.3. The third-order valence-corrected chi connectivity index (χ3v) is 4.56. The molecule has 0 fully saturated rings. The molecule has 6 heteroatoms. The first kappa shape index (κ1) is 16.2. The van der Waals surface area contributed by atoms with Gasteiger partial charge in [0.15, 0.2) is 0 Å². The Morgan fingerprint density at radius 2 is 2.13 bits per heavy atom. The molecule has 0 bridgehead atoms. The van der Waals surface area contributed by atoms with Crippen LogP contribution in [0.1, 0.15) is 42.0 Å². The lowest BCUT2D eigenvalue weighted by Crippen LogP contribution is -2.21. The number of fused-ring (bicyclic) bond motifs is 1. The molecule has 2 aromatic rings. The van der Waals surface area contributed by atoms with Gasteiger partial charge in [-0.1, -0.05) is 6.42 Å². The van der Waals surface area contributed by atoms with E-state index >= 15 is 0 Å². The van der Waals surface area contributed by atoms with E-state index in [4.69, 9.17) is 4.74 Å². The fourth-order valence-electron chi connectivity index (χ4n) is 3.30. The minimum absolute atomic E-state index is 0.708. The van der Waals surface area contributed by atoms with E-state index in [2.05, 4.69) is 31.7 Å². The van der Waals surface area contributed by atoms with Crippen molar-refractivity contribution >= 4 is 0 Å². The van der Waals surface area contributed by atoms with Gasteiger partial charge < -0.3 is 9.30 Å². The number of nitrogens with one attached hydrogen (secondary N) is 1. The lowest BCUT2D eigenvalue weighted by Gasteiger charge is -2.17. The van der Waals surface area contributed by atoms with Crippen LogP contribution >= 0.6 is 0 Å². The molecule has 3 rings (SSSR count). The molecule has 1 N–H and O–H groups in total. The van der Waals surface area contributed by atoms with E-state index in [9.17, 15) is 0 Å². The van der Waals surface area contributed by atoms with Crippen LogP contribution in [0.15, 0.2) is 12.4 Å². The largest absolute Gasteiger partial charge is 0.383 e. The maximum atomic E-state index is 5.16. The summed E-state index contributed by atoms with van der Waals surface area (Å²) in [7, 11) is 3.86. The molecule has 0 aliphatic heterocycles. The normalized spacial score (nSPS) is 14.9. The van der Waals surface area contributed by atoms with Gasteiger partial charge in [0, 0.05) is 38.3 Å². The second-order valence-electron chi connectivity index (χ2n) is 6.39. The van der Waals surface area contributed by atoms with Crippen molar-refractivity contribution in [2.45, 2.75) is 51.7 Å². The van der Waals surface area contributed by atoms with Gasteiger partial charge in [-0.05, 0) is 38.3 Å². The number of aryl methyl sites for hydroxylation is 1. The predicted octanol–water partition coefficient (Wildman–Crippen LogP) is 2.15. The van der Waals surface area contributed by atoms with Gasteiger partial charge in [0.25, 0.3) is 0 Å². The minimum Gasteiger partial charge on any atom is -0.383 e. The van der Waals surface area contributed by atoms with Crippen molar-refractivity contribution in [1.29, 1.82) is 0 Å². The van der Waals surface area contributed by atoms with Gasteiger partial charge in [-0.3, -0.25) is 10.00 Å². The van der Waals surface area contributed by atoms with Gasteiger partial charge >= 0.3 is 0 Å². The molecule has 1 aliphatic carbocycles. The van der Waals surface area contributed by atoms with Crippen molar-refractivity contribution in [3.63, 3.8) is 0 Å². The zero-order chi connectivity index (χ0) is 16.1. The van der Waals surface area contributed by atoms with Crippen molar-refractivity contribution < 1.29 is 4.74 Å². The molecule has 0 spiro atoms. The van der Waals surface area contributed by atoms with E-state index in [0.29, 0.717) is 6.61 Å². The highest BCUT2D eigenvalue weighted by Gasteiger charge is 2.17. The van der Waals surface area contributed by atoms with E-state index in [1.54, 1.807) is 7.11 Å². The predicted molar refractivity (Wildman–Crippen MR) is 89.1 cm³/mol. The number of H-pyrrole nitrogens is 1. The van der Waals surface area contributed by atoms with Crippen LogP contribution in [0.25, 0.3) is 0 Å². The van der Waals surface area contributed by atoms with Crippen molar-refractivity contribution in [2.24, 2.45) is 0 Å². The van der Waals surface area contributed by atoms with Crippen molar-refractivity contribution in [2.75, 3.05) is 20.8 Å². The molecule has 23 heavy (non-hydrogen) atoms. The molecule has 0 amide bonds. The molecule has 0 aromatic carbocycles. The molecule has 0 saturated carbocycles. The summed E-state index contributed by atoms with van der Waals surface area (Å²) >= 11 is 0. The number of ether oxygens (including phenoxy) is 1. The van der Waals surface area contributed by atoms with Crippen LogP contribution < -0.4 is 0 Å². The lowest BCUT2D eigenvalue weighted by atomic mass is 10.1. The summed E-state index contributed by atoms with van der Waals surface area (Å²) in [4.78, 5) is 6.76. The molecule has 0 atom stereocenters. The van der Waals surface area contributed by atoms with Gasteiger partial charge in [-0.25, -0.2) is 4.98 Å². The van der Waals surface area contributed by atoms with Crippen LogP contribution in [-0.4, -0.2) is 45.4 Å². The number of methoxy groups -OCH3 is 1. The smallest absolute Gasteiger partial charge is 0.122 e. The van der Waals surface area contributed by atoms with Crippen molar-refractivity contribution in [3.05, 3.63) is 35.2 Å². The second kappa shape index (κ2) is 7.75. The lowest BCUT2D eigenvalue weighted by molar-refractivity contribution is 0.184. The number of aromatic amines is 1. The van der Waals surface area contributed by atoms with E-state index in [1.165, 1.54) is 36.2 Å². The highest BCUT2D eigenvalue weighted by Crippen LogP contribution is 2.22. The van der Waals surface area contributed by atoms with Crippen LogP contribution in [-0.2, 0) is 37.2 Å². The molecule has 2 heterocycles. The standard InChI is InChI=1S/C17H27N5O/c1-21(13-17-18-8-9-22(17)10-11-23-2)12-16-14-6-4-3-5-7-15(14)19-20-16/h8-9H,3-7,10-13H2,1-2H3,(H,19,20). The first-order valence-electron chi connectivity index (χ1n) is 8.50. The summed E-state index contributed by atoms with van der Waals surface area (Å²) in [6, 6.07) is 0. The average Bonchev–Trinajstić information content (AvgIpc) is 3.05. The summed E-state index contributed by atoms with van der Waals surface area (Å²) < 4.78 is 7.32. The molecule has 6 nitrogen and oxygen atoms in total. The van der Waals surface area contributed by atoms with Crippen LogP contribution in [0.5, 0.6) is 0 Å². The molecule has 2 aromatic heterocycles. The van der Waals surface area contributed by atoms with Crippen molar-refractivity contribution in [1.82, 2.24) is 24.6 Å². The maximum Gasteiger partial charge on any atom is 0.122 e. The van der Waals surface area contributed by atoms with Gasteiger partial charge in [0.1, 0.15) is 5.82 Å². The Hall–Kier alpha value is -1.66. The third-order valence-electron chi connectivity index (χ3n) is 4.56. The molecule has 0 unspecified atom stereocenters. The zero-order valence-electron chi connectivity index (χ0n) is 14.2. The third kappa shape index (κ3) is 4.00. The minimum atomic E-state index is 0.708. The number of imidazole rings is 1. The summed E-state index contributed by atoms with van der Waals surface area (Å²) in [6.07, 6.45) is 10.1. The highest BCUT2D eigenvalue weighted by atomic mass is 16.5. The Bertz CT molecular complexity index is 618. The van der Waals surface area contributed by atoms with Crippen molar-refractivity contribution in [3.8, 4) is 0 Å². The Kier molecular flexibility index (Phi) is 5.46. The Labute approximate surface area is 137 Å². The summed E-state index contributed by atoms with van der Waals surface area (Å²) in [6.45, 7) is 3.23. The summed E-state index contributed by atoms with van der Waals surface area (Å²) in [5.74, 6) is 1.08. The second-order valence-corrected chi connectivity index (χ2v) is 6.39. The molecular formula is C17H27N5O. The number of aromatic nitrogens is 4. The van der Waals surface area contributed by atoms with Crippen LogP contribution in [0.4, 0.5) is 0 Å². The monoisotopic (exact) mass is 317 g/mol. The topological polar surface area (TPSA) is 59.0 Å². The average molecular weight is 317 g/mol. The molecule has 0 radical (unpaired) electrons. The maximum absolute atomic E-state index is 5.16. The Balaban J connectivity index is 1.63. The van der Waals surface area contributed by atoms with Crippen LogP contribution in [0.2, 0.25) is 0 Å². The van der Waals surface area contributed by atoms with Crippen LogP contribution in [0.3, 0.4) is 0 Å². The van der Waals surface area contributed by atoms with Gasteiger partial charge in [-0.2, -0.15) is 5.10 Å². The quantitative estimate of drug-likeness (QED) is 0.795. The fourth-order valence-corrected chi connectivity index (χ4v) is 3.30. The molecular weight excluding hydrogens is 290 g/mol. The number of nitrogens with zero attached hydrogens (tertiary/aromatic N) is 4. The van der Waals surface area contributed by atoms with Gasteiger partial charge in [0.05, 0.1) is 18.8 Å². The Morgan fingerprint density at radius 1 is 1.26 bits per heavy atom. The molecule has 126 valence electrons. The van der Waals surface area contributed by atoms with Gasteiger partial charge in [-0.15, -0.1) is 0 Å². The molecule has 1 aliphatic rings. The summed E-state index contributed by atoms with van der Waals surface area (Å²) in [5, 5.41) is 7.82.